The zero-order chi connectivity index (χ0) is 18.4. The number of hydrogen-bond donors (Lipinski definition) is 1. The first-order valence-electron chi connectivity index (χ1n) is 8.59. The summed E-state index contributed by atoms with van der Waals surface area (Å²) in [4.78, 5) is 16.6. The van der Waals surface area contributed by atoms with Crippen molar-refractivity contribution in [2.75, 3.05) is 0 Å². The Labute approximate surface area is 153 Å². The van der Waals surface area contributed by atoms with Crippen LogP contribution in [0.4, 0.5) is 0 Å². The molecular weight excluding hydrogens is 324 g/mol. The molecule has 1 aromatic heterocycles. The van der Waals surface area contributed by atoms with Crippen molar-refractivity contribution >= 4 is 29.2 Å². The molecule has 5 nitrogen and oxygen atoms in total. The molecule has 2 aromatic carbocycles. The quantitative estimate of drug-likeness (QED) is 0.544. The van der Waals surface area contributed by atoms with Gasteiger partial charge in [0.15, 0.2) is 0 Å². The van der Waals surface area contributed by atoms with Crippen molar-refractivity contribution in [2.45, 2.75) is 20.4 Å². The topological polar surface area (TPSA) is 59.3 Å². The number of imidazole rings is 1. The van der Waals surface area contributed by atoms with Crippen LogP contribution >= 0.6 is 0 Å². The van der Waals surface area contributed by atoms with Gasteiger partial charge in [-0.3, -0.25) is 4.79 Å². The highest BCUT2D eigenvalue weighted by atomic mass is 16.2. The van der Waals surface area contributed by atoms with E-state index < -0.39 is 0 Å². The zero-order valence-corrected chi connectivity index (χ0v) is 15.0. The van der Waals surface area contributed by atoms with Crippen molar-refractivity contribution in [3.8, 4) is 0 Å². The molecule has 132 valence electrons. The van der Waals surface area contributed by atoms with Gasteiger partial charge in [-0.25, -0.2) is 10.4 Å². The Morgan fingerprint density at radius 2 is 1.92 bits per heavy atom. The number of hydrazone groups is 1. The minimum absolute atomic E-state index is 0.119. The molecule has 0 fully saturated rings. The highest BCUT2D eigenvalue weighted by molar-refractivity contribution is 5.86. The number of carbonyl (C=O) groups excluding carboxylic acids is 1. The minimum Gasteiger partial charge on any atom is -0.330 e. The van der Waals surface area contributed by atoms with Crippen molar-refractivity contribution in [3.63, 3.8) is 0 Å². The molecule has 26 heavy (non-hydrogen) atoms. The third-order valence-corrected chi connectivity index (χ3v) is 4.08. The van der Waals surface area contributed by atoms with Gasteiger partial charge in [0.05, 0.1) is 29.5 Å². The van der Waals surface area contributed by atoms with E-state index in [9.17, 15) is 4.79 Å². The second-order valence-electron chi connectivity index (χ2n) is 6.32. The Balaban J connectivity index is 1.56. The van der Waals surface area contributed by atoms with E-state index in [2.05, 4.69) is 15.5 Å². The van der Waals surface area contributed by atoms with Gasteiger partial charge >= 0.3 is 0 Å². The first kappa shape index (κ1) is 17.6. The van der Waals surface area contributed by atoms with Crippen molar-refractivity contribution in [2.24, 2.45) is 11.0 Å². The number of fused-ring (bicyclic) bond motifs is 1. The standard InChI is InChI=1S/C21H22N4O/c1-16(12-18-8-4-3-5-9-18)13-23-24-21(26)17(2)14-25-15-22-19-10-6-7-11-20(19)25/h3-13,15,17H,14H2,1-2H3,(H,24,26). The number of hydrogen-bond acceptors (Lipinski definition) is 3. The first-order chi connectivity index (χ1) is 12.6. The van der Waals surface area contributed by atoms with Gasteiger partial charge in [0.1, 0.15) is 0 Å². The summed E-state index contributed by atoms with van der Waals surface area (Å²) in [6, 6.07) is 17.9. The fourth-order valence-electron chi connectivity index (χ4n) is 2.69. The van der Waals surface area contributed by atoms with Gasteiger partial charge in [-0.1, -0.05) is 55.5 Å². The van der Waals surface area contributed by atoms with Gasteiger partial charge in [-0.15, -0.1) is 0 Å². The molecule has 5 heteroatoms. The molecule has 1 N–H and O–H groups in total. The van der Waals surface area contributed by atoms with E-state index >= 15 is 0 Å². The van der Waals surface area contributed by atoms with Gasteiger partial charge < -0.3 is 4.57 Å². The summed E-state index contributed by atoms with van der Waals surface area (Å²) in [5.74, 6) is -0.338. The van der Waals surface area contributed by atoms with Crippen molar-refractivity contribution in [1.29, 1.82) is 0 Å². The number of amides is 1. The van der Waals surface area contributed by atoms with Crippen LogP contribution in [0.25, 0.3) is 17.1 Å². The molecule has 3 aromatic rings. The average molecular weight is 346 g/mol. The summed E-state index contributed by atoms with van der Waals surface area (Å²) in [5, 5.41) is 4.06. The molecular formula is C21H22N4O. The molecule has 0 aliphatic rings. The van der Waals surface area contributed by atoms with Gasteiger partial charge in [-0.2, -0.15) is 5.10 Å². The number of benzene rings is 2. The molecule has 0 saturated carbocycles. The van der Waals surface area contributed by atoms with Crippen LogP contribution in [0, 0.1) is 5.92 Å². The minimum atomic E-state index is -0.219. The smallest absolute Gasteiger partial charge is 0.244 e. The van der Waals surface area contributed by atoms with Crippen LogP contribution in [0.1, 0.15) is 19.4 Å². The van der Waals surface area contributed by atoms with Crippen LogP contribution in [0.3, 0.4) is 0 Å². The maximum absolute atomic E-state index is 12.3. The number of aromatic nitrogens is 2. The van der Waals surface area contributed by atoms with Gasteiger partial charge in [0, 0.05) is 6.54 Å². The van der Waals surface area contributed by atoms with E-state index in [1.54, 1.807) is 12.5 Å². The molecule has 0 bridgehead atoms. The average Bonchev–Trinajstić information content (AvgIpc) is 3.05. The van der Waals surface area contributed by atoms with Crippen LogP contribution in [0.2, 0.25) is 0 Å². The predicted octanol–water partition coefficient (Wildman–Crippen LogP) is 3.88. The van der Waals surface area contributed by atoms with Crippen LogP contribution in [-0.4, -0.2) is 21.7 Å². The summed E-state index contributed by atoms with van der Waals surface area (Å²) in [6.07, 6.45) is 5.44. The molecule has 3 rings (SSSR count). The summed E-state index contributed by atoms with van der Waals surface area (Å²) in [5.41, 5.74) is 6.63. The van der Waals surface area contributed by atoms with Gasteiger partial charge in [0.25, 0.3) is 0 Å². The highest BCUT2D eigenvalue weighted by Crippen LogP contribution is 2.13. The van der Waals surface area contributed by atoms with E-state index in [0.29, 0.717) is 6.54 Å². The number of nitrogens with zero attached hydrogens (tertiary/aromatic N) is 3. The van der Waals surface area contributed by atoms with Crippen LogP contribution in [0.15, 0.2) is 71.6 Å². The number of nitrogens with one attached hydrogen (secondary N) is 1. The van der Waals surface area contributed by atoms with E-state index in [-0.39, 0.29) is 11.8 Å². The van der Waals surface area contributed by atoms with E-state index in [0.717, 1.165) is 22.2 Å². The highest BCUT2D eigenvalue weighted by Gasteiger charge is 2.14. The maximum Gasteiger partial charge on any atom is 0.244 e. The second kappa shape index (κ2) is 8.25. The molecule has 1 amide bonds. The fraction of sp³-hybridized carbons (Fsp3) is 0.190. The lowest BCUT2D eigenvalue weighted by Gasteiger charge is -2.11. The number of rotatable bonds is 6. The lowest BCUT2D eigenvalue weighted by Crippen LogP contribution is -2.27. The number of allylic oxidation sites excluding steroid dienone is 1. The molecule has 0 spiro atoms. The molecule has 1 atom stereocenters. The third kappa shape index (κ3) is 4.45. The molecule has 0 radical (unpaired) electrons. The van der Waals surface area contributed by atoms with E-state index in [1.165, 1.54) is 0 Å². The Hall–Kier alpha value is -3.21. The predicted molar refractivity (Wildman–Crippen MR) is 106 cm³/mol. The first-order valence-corrected chi connectivity index (χ1v) is 8.59. The van der Waals surface area contributed by atoms with E-state index in [1.807, 2.05) is 79.1 Å². The summed E-state index contributed by atoms with van der Waals surface area (Å²) in [6.45, 7) is 4.39. The Morgan fingerprint density at radius 1 is 1.19 bits per heavy atom. The molecule has 1 heterocycles. The number of carbonyl (C=O) groups is 1. The van der Waals surface area contributed by atoms with Crippen LogP contribution in [0.5, 0.6) is 0 Å². The summed E-state index contributed by atoms with van der Waals surface area (Å²) < 4.78 is 1.99. The molecule has 0 aliphatic heterocycles. The Kier molecular flexibility index (Phi) is 5.59. The normalized spacial score (nSPS) is 13.2. The van der Waals surface area contributed by atoms with Gasteiger partial charge in [0.2, 0.25) is 5.91 Å². The van der Waals surface area contributed by atoms with Crippen molar-refractivity contribution < 1.29 is 4.79 Å². The lowest BCUT2D eigenvalue weighted by molar-refractivity contribution is -0.124. The van der Waals surface area contributed by atoms with Crippen LogP contribution < -0.4 is 5.43 Å². The van der Waals surface area contributed by atoms with Gasteiger partial charge in [-0.05, 0) is 30.2 Å². The lowest BCUT2D eigenvalue weighted by atomic mass is 10.1. The summed E-state index contributed by atoms with van der Waals surface area (Å²) in [7, 11) is 0. The van der Waals surface area contributed by atoms with Crippen molar-refractivity contribution in [1.82, 2.24) is 15.0 Å². The zero-order valence-electron chi connectivity index (χ0n) is 15.0. The Bertz CT molecular complexity index is 941. The SMILES string of the molecule is CC(C=NNC(=O)C(C)Cn1cnc2ccccc21)=Cc1ccccc1. The fourth-order valence-corrected chi connectivity index (χ4v) is 2.69. The molecule has 0 aliphatic carbocycles. The Morgan fingerprint density at radius 3 is 2.73 bits per heavy atom. The van der Waals surface area contributed by atoms with E-state index in [4.69, 9.17) is 0 Å². The van der Waals surface area contributed by atoms with Crippen molar-refractivity contribution in [3.05, 3.63) is 72.1 Å². The maximum atomic E-state index is 12.3. The molecule has 1 unspecified atom stereocenters. The molecule has 0 saturated heterocycles. The largest absolute Gasteiger partial charge is 0.330 e. The number of para-hydroxylation sites is 2. The summed E-state index contributed by atoms with van der Waals surface area (Å²) >= 11 is 0. The second-order valence-corrected chi connectivity index (χ2v) is 6.32. The third-order valence-electron chi connectivity index (χ3n) is 4.08. The monoisotopic (exact) mass is 346 g/mol. The van der Waals surface area contributed by atoms with Crippen LogP contribution in [-0.2, 0) is 11.3 Å².